The first-order chi connectivity index (χ1) is 12.3. The van der Waals surface area contributed by atoms with E-state index in [9.17, 15) is 13.2 Å². The normalized spacial score (nSPS) is 18.7. The van der Waals surface area contributed by atoms with Crippen LogP contribution in [0.1, 0.15) is 44.2 Å². The largest absolute Gasteiger partial charge is 0.337 e. The van der Waals surface area contributed by atoms with Crippen molar-refractivity contribution in [3.8, 4) is 0 Å². The minimum atomic E-state index is -3.46. The Morgan fingerprint density at radius 3 is 2.69 bits per heavy atom. The van der Waals surface area contributed by atoms with Gasteiger partial charge in [0.15, 0.2) is 0 Å². The van der Waals surface area contributed by atoms with Crippen LogP contribution in [0, 0.1) is 5.92 Å². The molecule has 1 aliphatic heterocycles. The lowest BCUT2D eigenvalue weighted by atomic mass is 9.99. The van der Waals surface area contributed by atoms with Gasteiger partial charge < -0.3 is 10.6 Å². The third-order valence-corrected chi connectivity index (χ3v) is 7.02. The highest BCUT2D eigenvalue weighted by Gasteiger charge is 2.32. The van der Waals surface area contributed by atoms with Gasteiger partial charge in [0.1, 0.15) is 0 Å². The molecular formula is C19H29N3O3S. The molecule has 1 aromatic rings. The summed E-state index contributed by atoms with van der Waals surface area (Å²) in [4.78, 5) is 14.2. The highest BCUT2D eigenvalue weighted by Crippen LogP contribution is 2.32. The number of hydrogen-bond acceptors (Lipinski definition) is 4. The van der Waals surface area contributed by atoms with Crippen LogP contribution in [0.25, 0.3) is 0 Å². The molecule has 0 spiro atoms. The van der Waals surface area contributed by atoms with E-state index in [-0.39, 0.29) is 5.91 Å². The summed E-state index contributed by atoms with van der Waals surface area (Å²) in [6.07, 6.45) is 3.73. The van der Waals surface area contributed by atoms with Crippen LogP contribution in [0.5, 0.6) is 0 Å². The molecule has 0 bridgehead atoms. The number of nitrogens with zero attached hydrogens (tertiary/aromatic N) is 2. The maximum atomic E-state index is 13.1. The van der Waals surface area contributed by atoms with Gasteiger partial charge in [0.05, 0.1) is 10.9 Å². The average Bonchev–Trinajstić information content (AvgIpc) is 3.43. The Labute approximate surface area is 156 Å². The molecule has 144 valence electrons. The molecular weight excluding hydrogens is 350 g/mol. The van der Waals surface area contributed by atoms with Crippen molar-refractivity contribution in [2.24, 2.45) is 11.7 Å². The zero-order valence-corrected chi connectivity index (χ0v) is 16.5. The lowest BCUT2D eigenvalue weighted by Gasteiger charge is -2.30. The summed E-state index contributed by atoms with van der Waals surface area (Å²) in [5.41, 5.74) is 7.72. The Morgan fingerprint density at radius 1 is 1.35 bits per heavy atom. The lowest BCUT2D eigenvalue weighted by molar-refractivity contribution is -0.133. The summed E-state index contributed by atoms with van der Waals surface area (Å²) < 4.78 is 27.8. The van der Waals surface area contributed by atoms with E-state index in [1.54, 1.807) is 28.3 Å². The van der Waals surface area contributed by atoms with Crippen LogP contribution in [0.15, 0.2) is 23.1 Å². The van der Waals surface area contributed by atoms with Crippen LogP contribution in [0.3, 0.4) is 0 Å². The number of rotatable bonds is 7. The summed E-state index contributed by atoms with van der Waals surface area (Å²) in [6.45, 7) is 5.97. The van der Waals surface area contributed by atoms with Crippen LogP contribution in [-0.4, -0.2) is 49.2 Å². The Morgan fingerprint density at radius 2 is 2.08 bits per heavy atom. The van der Waals surface area contributed by atoms with E-state index in [1.165, 1.54) is 0 Å². The van der Waals surface area contributed by atoms with Gasteiger partial charge >= 0.3 is 0 Å². The molecule has 1 fully saturated rings. The van der Waals surface area contributed by atoms with Crippen molar-refractivity contribution in [3.63, 3.8) is 0 Å². The van der Waals surface area contributed by atoms with Crippen molar-refractivity contribution in [2.75, 3.05) is 19.6 Å². The zero-order valence-electron chi connectivity index (χ0n) is 15.6. The fourth-order valence-corrected chi connectivity index (χ4v) is 5.12. The number of fused-ring (bicyclic) bond motifs is 1. The van der Waals surface area contributed by atoms with Crippen molar-refractivity contribution < 1.29 is 13.2 Å². The number of carbonyl (C=O) groups excluding carboxylic acids is 1. The second-order valence-electron chi connectivity index (χ2n) is 7.54. The smallest absolute Gasteiger partial charge is 0.243 e. The number of sulfonamides is 1. The molecule has 1 saturated carbocycles. The van der Waals surface area contributed by atoms with E-state index in [0.717, 1.165) is 30.4 Å². The highest BCUT2D eigenvalue weighted by atomic mass is 32.2. The molecule has 1 unspecified atom stereocenters. The molecule has 1 heterocycles. The van der Waals surface area contributed by atoms with E-state index in [1.807, 2.05) is 13.0 Å². The second kappa shape index (κ2) is 7.66. The predicted molar refractivity (Wildman–Crippen MR) is 101 cm³/mol. The Kier molecular flexibility index (Phi) is 5.69. The topological polar surface area (TPSA) is 83.7 Å². The fourth-order valence-electron chi connectivity index (χ4n) is 3.46. The summed E-state index contributed by atoms with van der Waals surface area (Å²) >= 11 is 0. The van der Waals surface area contributed by atoms with Crippen molar-refractivity contribution in [3.05, 3.63) is 29.3 Å². The van der Waals surface area contributed by atoms with Gasteiger partial charge in [-0.15, -0.1) is 0 Å². The Balaban J connectivity index is 1.81. The monoisotopic (exact) mass is 379 g/mol. The molecule has 6 nitrogen and oxygen atoms in total. The maximum absolute atomic E-state index is 13.1. The van der Waals surface area contributed by atoms with E-state index in [4.69, 9.17) is 5.73 Å². The van der Waals surface area contributed by atoms with E-state index in [2.05, 4.69) is 0 Å². The van der Waals surface area contributed by atoms with E-state index >= 15 is 0 Å². The van der Waals surface area contributed by atoms with Crippen LogP contribution in [0.2, 0.25) is 0 Å². The SMILES string of the molecule is CCCN(CC1CC1)S(=O)(=O)c1ccc2c(c1)CCN(C(=O)C(C)N)C2. The molecule has 3 rings (SSSR count). The molecule has 1 aromatic carbocycles. The minimum Gasteiger partial charge on any atom is -0.337 e. The predicted octanol–water partition coefficient (Wildman–Crippen LogP) is 1.73. The fraction of sp³-hybridized carbons (Fsp3) is 0.632. The first-order valence-electron chi connectivity index (χ1n) is 9.49. The lowest BCUT2D eigenvalue weighted by Crippen LogP contribution is -2.44. The maximum Gasteiger partial charge on any atom is 0.243 e. The Bertz CT molecular complexity index is 772. The molecule has 0 saturated heterocycles. The van der Waals surface area contributed by atoms with Crippen molar-refractivity contribution in [1.29, 1.82) is 0 Å². The highest BCUT2D eigenvalue weighted by molar-refractivity contribution is 7.89. The summed E-state index contributed by atoms with van der Waals surface area (Å²) in [6, 6.07) is 4.82. The van der Waals surface area contributed by atoms with Gasteiger partial charge in [-0.2, -0.15) is 4.31 Å². The van der Waals surface area contributed by atoms with Crippen LogP contribution < -0.4 is 5.73 Å². The van der Waals surface area contributed by atoms with Gasteiger partial charge in [-0.1, -0.05) is 13.0 Å². The number of carbonyl (C=O) groups is 1. The molecule has 0 aromatic heterocycles. The molecule has 7 heteroatoms. The number of benzene rings is 1. The first kappa shape index (κ1) is 19.3. The molecule has 26 heavy (non-hydrogen) atoms. The van der Waals surface area contributed by atoms with E-state index < -0.39 is 16.1 Å². The summed E-state index contributed by atoms with van der Waals surface area (Å²) in [5, 5.41) is 0. The van der Waals surface area contributed by atoms with Gasteiger partial charge in [0.25, 0.3) is 0 Å². The second-order valence-corrected chi connectivity index (χ2v) is 9.47. The third kappa shape index (κ3) is 4.10. The number of amides is 1. The Hall–Kier alpha value is -1.44. The first-order valence-corrected chi connectivity index (χ1v) is 10.9. The molecule has 1 aliphatic carbocycles. The van der Waals surface area contributed by atoms with Gasteiger partial charge in [0, 0.05) is 26.2 Å². The van der Waals surface area contributed by atoms with Gasteiger partial charge in [0.2, 0.25) is 15.9 Å². The van der Waals surface area contributed by atoms with Gasteiger partial charge in [-0.05, 0) is 61.8 Å². The van der Waals surface area contributed by atoms with E-state index in [0.29, 0.717) is 43.4 Å². The molecule has 1 amide bonds. The van der Waals surface area contributed by atoms with Crippen molar-refractivity contribution in [1.82, 2.24) is 9.21 Å². The zero-order chi connectivity index (χ0) is 18.9. The van der Waals surface area contributed by atoms with Crippen molar-refractivity contribution >= 4 is 15.9 Å². The van der Waals surface area contributed by atoms with Crippen LogP contribution >= 0.6 is 0 Å². The minimum absolute atomic E-state index is 0.0640. The quantitative estimate of drug-likeness (QED) is 0.782. The number of nitrogens with two attached hydrogens (primary N) is 1. The summed E-state index contributed by atoms with van der Waals surface area (Å²) in [5.74, 6) is 0.456. The molecule has 1 atom stereocenters. The van der Waals surface area contributed by atoms with Gasteiger partial charge in [-0.25, -0.2) is 8.42 Å². The molecule has 2 aliphatic rings. The number of hydrogen-bond donors (Lipinski definition) is 1. The standard InChI is InChI=1S/C19H29N3O3S/c1-3-9-22(12-15-4-5-15)26(24,25)18-7-6-17-13-21(19(23)14(2)20)10-8-16(17)11-18/h6-7,11,14-15H,3-5,8-10,12-13,20H2,1-2H3. The molecule has 0 radical (unpaired) electrons. The molecule has 2 N–H and O–H groups in total. The van der Waals surface area contributed by atoms with Crippen LogP contribution in [0.4, 0.5) is 0 Å². The average molecular weight is 380 g/mol. The van der Waals surface area contributed by atoms with Gasteiger partial charge in [-0.3, -0.25) is 4.79 Å². The summed E-state index contributed by atoms with van der Waals surface area (Å²) in [7, 11) is -3.46. The van der Waals surface area contributed by atoms with Crippen LogP contribution in [-0.2, 0) is 27.8 Å². The third-order valence-electron chi connectivity index (χ3n) is 5.16. The van der Waals surface area contributed by atoms with Crippen molar-refractivity contribution in [2.45, 2.75) is 57.0 Å².